The number of benzene rings is 1. The number of nitrogens with zero attached hydrogens (tertiary/aromatic N) is 1. The molecule has 2 rings (SSSR count). The Bertz CT molecular complexity index is 433. The Morgan fingerprint density at radius 2 is 2.07 bits per heavy atom. The fourth-order valence-electron chi connectivity index (χ4n) is 1.26. The maximum atomic E-state index is 5.60. The quantitative estimate of drug-likeness (QED) is 0.780. The molecule has 1 aromatic heterocycles. The van der Waals surface area contributed by atoms with Crippen molar-refractivity contribution in [1.29, 1.82) is 0 Å². The van der Waals surface area contributed by atoms with Gasteiger partial charge in [-0.1, -0.05) is 0 Å². The topological polar surface area (TPSA) is 50.9 Å². The minimum absolute atomic E-state index is 0.766. The molecule has 0 bridgehead atoms. The number of nitrogen functional groups attached to an aromatic ring is 1. The first-order chi connectivity index (χ1) is 7.24. The van der Waals surface area contributed by atoms with Crippen LogP contribution in [0.5, 0.6) is 0 Å². The summed E-state index contributed by atoms with van der Waals surface area (Å²) in [5.41, 5.74) is 8.53. The average Bonchev–Trinajstić information content (AvgIpc) is 2.64. The summed E-state index contributed by atoms with van der Waals surface area (Å²) in [6.45, 7) is 2.77. The summed E-state index contributed by atoms with van der Waals surface area (Å²) in [6, 6.07) is 7.70. The molecular weight excluding hydrogens is 206 g/mol. The van der Waals surface area contributed by atoms with Crippen LogP contribution < -0.4 is 11.1 Å². The van der Waals surface area contributed by atoms with Crippen LogP contribution >= 0.6 is 11.3 Å². The molecule has 0 saturated heterocycles. The highest BCUT2D eigenvalue weighted by Crippen LogP contribution is 2.14. The fraction of sp³-hybridized carbons (Fsp3) is 0.182. The molecule has 0 fully saturated rings. The van der Waals surface area contributed by atoms with Gasteiger partial charge in [0, 0.05) is 22.4 Å². The summed E-state index contributed by atoms with van der Waals surface area (Å²) < 4.78 is 0. The van der Waals surface area contributed by atoms with Gasteiger partial charge in [-0.2, -0.15) is 0 Å². The molecule has 4 heteroatoms. The van der Waals surface area contributed by atoms with E-state index in [9.17, 15) is 0 Å². The number of rotatable bonds is 3. The van der Waals surface area contributed by atoms with Gasteiger partial charge in [-0.05, 0) is 31.2 Å². The van der Waals surface area contributed by atoms with E-state index in [1.165, 1.54) is 0 Å². The van der Waals surface area contributed by atoms with Crippen LogP contribution in [0.1, 0.15) is 10.7 Å². The van der Waals surface area contributed by atoms with Crippen LogP contribution in [0.4, 0.5) is 11.4 Å². The first-order valence-corrected chi connectivity index (χ1v) is 5.62. The van der Waals surface area contributed by atoms with Crippen molar-refractivity contribution in [3.8, 4) is 0 Å². The van der Waals surface area contributed by atoms with Crippen LogP contribution in [0.3, 0.4) is 0 Å². The van der Waals surface area contributed by atoms with Crippen molar-refractivity contribution < 1.29 is 0 Å². The minimum Gasteiger partial charge on any atom is -0.399 e. The first kappa shape index (κ1) is 9.98. The van der Waals surface area contributed by atoms with Crippen molar-refractivity contribution in [3.05, 3.63) is 40.3 Å². The number of hydrogen-bond acceptors (Lipinski definition) is 4. The maximum Gasteiger partial charge on any atom is 0.112 e. The van der Waals surface area contributed by atoms with Crippen LogP contribution in [-0.2, 0) is 6.54 Å². The molecule has 1 aromatic carbocycles. The predicted molar refractivity (Wildman–Crippen MR) is 65.0 cm³/mol. The Balaban J connectivity index is 1.96. The predicted octanol–water partition coefficient (Wildman–Crippen LogP) is 2.65. The van der Waals surface area contributed by atoms with Gasteiger partial charge in [0.25, 0.3) is 0 Å². The highest BCUT2D eigenvalue weighted by Gasteiger charge is 1.98. The Labute approximate surface area is 93.0 Å². The van der Waals surface area contributed by atoms with Crippen molar-refractivity contribution in [2.45, 2.75) is 13.5 Å². The second kappa shape index (κ2) is 4.31. The van der Waals surface area contributed by atoms with Crippen molar-refractivity contribution in [2.24, 2.45) is 0 Å². The molecule has 0 aliphatic rings. The van der Waals surface area contributed by atoms with Gasteiger partial charge in [0.1, 0.15) is 5.01 Å². The molecule has 0 aliphatic heterocycles. The first-order valence-electron chi connectivity index (χ1n) is 4.74. The highest BCUT2D eigenvalue weighted by atomic mass is 32.1. The summed E-state index contributed by atoms with van der Waals surface area (Å²) in [5.74, 6) is 0. The van der Waals surface area contributed by atoms with E-state index in [-0.39, 0.29) is 0 Å². The number of nitrogens with one attached hydrogen (secondary N) is 1. The molecule has 15 heavy (non-hydrogen) atoms. The molecule has 1 heterocycles. The van der Waals surface area contributed by atoms with Crippen LogP contribution in [0, 0.1) is 6.92 Å². The third kappa shape index (κ3) is 2.70. The lowest BCUT2D eigenvalue weighted by Crippen LogP contribution is -1.98. The minimum atomic E-state index is 0.766. The van der Waals surface area contributed by atoms with Gasteiger partial charge in [-0.15, -0.1) is 11.3 Å². The van der Waals surface area contributed by atoms with Gasteiger partial charge in [-0.25, -0.2) is 4.98 Å². The van der Waals surface area contributed by atoms with Gasteiger partial charge >= 0.3 is 0 Å². The van der Waals surface area contributed by atoms with Crippen LogP contribution in [0.15, 0.2) is 29.6 Å². The van der Waals surface area contributed by atoms with Gasteiger partial charge in [0.15, 0.2) is 0 Å². The molecule has 2 aromatic rings. The summed E-state index contributed by atoms with van der Waals surface area (Å²) >= 11 is 1.67. The molecule has 0 amide bonds. The second-order valence-electron chi connectivity index (χ2n) is 3.36. The van der Waals surface area contributed by atoms with Gasteiger partial charge in [-0.3, -0.25) is 0 Å². The Morgan fingerprint density at radius 3 is 2.67 bits per heavy atom. The third-order valence-corrected chi connectivity index (χ3v) is 2.99. The van der Waals surface area contributed by atoms with E-state index >= 15 is 0 Å². The van der Waals surface area contributed by atoms with Gasteiger partial charge < -0.3 is 11.1 Å². The third-order valence-electron chi connectivity index (χ3n) is 2.02. The number of nitrogens with two attached hydrogens (primary N) is 1. The normalized spacial score (nSPS) is 10.2. The summed E-state index contributed by atoms with van der Waals surface area (Å²) in [5, 5.41) is 6.45. The van der Waals surface area contributed by atoms with Crippen molar-refractivity contribution in [3.63, 3.8) is 0 Å². The zero-order valence-electron chi connectivity index (χ0n) is 8.53. The zero-order valence-corrected chi connectivity index (χ0v) is 9.34. The number of aryl methyl sites for hydroxylation is 1. The number of anilines is 2. The molecular formula is C11H13N3S. The van der Waals surface area contributed by atoms with Crippen LogP contribution in [-0.4, -0.2) is 4.98 Å². The van der Waals surface area contributed by atoms with E-state index < -0.39 is 0 Å². The number of aromatic nitrogens is 1. The SMILES string of the molecule is Cc1csc(CNc2ccc(N)cc2)n1. The van der Waals surface area contributed by atoms with Crippen molar-refractivity contribution in [1.82, 2.24) is 4.98 Å². The highest BCUT2D eigenvalue weighted by molar-refractivity contribution is 7.09. The van der Waals surface area contributed by atoms with Crippen LogP contribution in [0.2, 0.25) is 0 Å². The Morgan fingerprint density at radius 1 is 1.33 bits per heavy atom. The monoisotopic (exact) mass is 219 g/mol. The standard InChI is InChI=1S/C11H13N3S/c1-8-7-15-11(14-8)6-13-10-4-2-9(12)3-5-10/h2-5,7,13H,6,12H2,1H3. The number of thiazole rings is 1. The molecule has 3 N–H and O–H groups in total. The summed E-state index contributed by atoms with van der Waals surface area (Å²) in [4.78, 5) is 4.37. The van der Waals surface area contributed by atoms with E-state index in [4.69, 9.17) is 5.73 Å². The van der Waals surface area contributed by atoms with E-state index in [1.54, 1.807) is 11.3 Å². The van der Waals surface area contributed by atoms with Crippen molar-refractivity contribution in [2.75, 3.05) is 11.1 Å². The van der Waals surface area contributed by atoms with E-state index in [2.05, 4.69) is 15.7 Å². The number of hydrogen-bond donors (Lipinski definition) is 2. The molecule has 0 unspecified atom stereocenters. The van der Waals surface area contributed by atoms with Crippen LogP contribution in [0.25, 0.3) is 0 Å². The average molecular weight is 219 g/mol. The maximum absolute atomic E-state index is 5.60. The molecule has 0 radical (unpaired) electrons. The lowest BCUT2D eigenvalue weighted by atomic mass is 10.3. The van der Waals surface area contributed by atoms with Gasteiger partial charge in [0.05, 0.1) is 6.54 Å². The lowest BCUT2D eigenvalue weighted by Gasteiger charge is -2.03. The molecule has 0 atom stereocenters. The van der Waals surface area contributed by atoms with Crippen molar-refractivity contribution >= 4 is 22.7 Å². The molecule has 0 saturated carbocycles. The van der Waals surface area contributed by atoms with E-state index in [1.807, 2.05) is 31.2 Å². The largest absolute Gasteiger partial charge is 0.399 e. The molecule has 0 spiro atoms. The molecule has 3 nitrogen and oxygen atoms in total. The lowest BCUT2D eigenvalue weighted by molar-refractivity contribution is 1.08. The smallest absolute Gasteiger partial charge is 0.112 e. The summed E-state index contributed by atoms with van der Waals surface area (Å²) in [6.07, 6.45) is 0. The second-order valence-corrected chi connectivity index (χ2v) is 4.30. The summed E-state index contributed by atoms with van der Waals surface area (Å²) in [7, 11) is 0. The van der Waals surface area contributed by atoms with E-state index in [0.717, 1.165) is 28.6 Å². The Hall–Kier alpha value is -1.55. The molecule has 78 valence electrons. The van der Waals surface area contributed by atoms with E-state index in [0.29, 0.717) is 0 Å². The zero-order chi connectivity index (χ0) is 10.7. The van der Waals surface area contributed by atoms with Gasteiger partial charge in [0.2, 0.25) is 0 Å². The molecule has 0 aliphatic carbocycles. The Kier molecular flexibility index (Phi) is 2.87. The fourth-order valence-corrected chi connectivity index (χ4v) is 1.97.